The Morgan fingerprint density at radius 1 is 1.29 bits per heavy atom. The van der Waals surface area contributed by atoms with Gasteiger partial charge >= 0.3 is 0 Å². The van der Waals surface area contributed by atoms with Crippen molar-refractivity contribution in [2.75, 3.05) is 0 Å². The highest BCUT2D eigenvalue weighted by atomic mass is 16.3. The van der Waals surface area contributed by atoms with E-state index in [1.54, 1.807) is 0 Å². The van der Waals surface area contributed by atoms with Gasteiger partial charge in [-0.3, -0.25) is 14.6 Å². The summed E-state index contributed by atoms with van der Waals surface area (Å²) >= 11 is 0. The Labute approximate surface area is 120 Å². The van der Waals surface area contributed by atoms with E-state index in [2.05, 4.69) is 10.3 Å². The summed E-state index contributed by atoms with van der Waals surface area (Å²) < 4.78 is 0. The molecule has 1 aliphatic rings. The number of benzene rings is 1. The third-order valence-electron chi connectivity index (χ3n) is 3.58. The van der Waals surface area contributed by atoms with Gasteiger partial charge in [0.05, 0.1) is 17.7 Å². The van der Waals surface area contributed by atoms with Gasteiger partial charge in [-0.1, -0.05) is 24.3 Å². The van der Waals surface area contributed by atoms with Crippen molar-refractivity contribution < 1.29 is 15.0 Å². The minimum absolute atomic E-state index is 0.0489. The number of aromatic nitrogens is 1. The summed E-state index contributed by atoms with van der Waals surface area (Å²) in [5, 5.41) is 22.1. The van der Waals surface area contributed by atoms with Crippen molar-refractivity contribution in [3.63, 3.8) is 0 Å². The van der Waals surface area contributed by atoms with Crippen molar-refractivity contribution in [1.29, 1.82) is 0 Å². The molecule has 108 valence electrons. The SMILES string of the molecule is O=C(N[C@H]1c2ccccc2C[C@H]1O)c1cc(O)[nH]c(=O)c1. The number of aromatic amines is 1. The quantitative estimate of drug-likeness (QED) is 0.644. The Morgan fingerprint density at radius 3 is 2.81 bits per heavy atom. The van der Waals surface area contributed by atoms with Gasteiger partial charge < -0.3 is 15.5 Å². The number of amides is 1. The van der Waals surface area contributed by atoms with Crippen LogP contribution in [0.25, 0.3) is 0 Å². The van der Waals surface area contributed by atoms with Gasteiger partial charge in [0.2, 0.25) is 0 Å². The molecule has 1 aromatic carbocycles. The molecule has 0 fully saturated rings. The molecule has 3 rings (SSSR count). The highest BCUT2D eigenvalue weighted by Crippen LogP contribution is 2.31. The first kappa shape index (κ1) is 13.4. The summed E-state index contributed by atoms with van der Waals surface area (Å²) in [5.74, 6) is -0.892. The van der Waals surface area contributed by atoms with Crippen molar-refractivity contribution in [2.24, 2.45) is 0 Å². The lowest BCUT2D eigenvalue weighted by atomic mass is 10.1. The molecule has 6 heteroatoms. The van der Waals surface area contributed by atoms with E-state index in [4.69, 9.17) is 0 Å². The Kier molecular flexibility index (Phi) is 3.23. The van der Waals surface area contributed by atoms with Crippen LogP contribution in [0.1, 0.15) is 27.5 Å². The van der Waals surface area contributed by atoms with Gasteiger partial charge in [-0.15, -0.1) is 0 Å². The predicted molar refractivity (Wildman–Crippen MR) is 75.1 cm³/mol. The summed E-state index contributed by atoms with van der Waals surface area (Å²) in [6, 6.07) is 9.23. The molecule has 0 unspecified atom stereocenters. The maximum absolute atomic E-state index is 12.2. The molecular weight excluding hydrogens is 272 g/mol. The molecule has 21 heavy (non-hydrogen) atoms. The standard InChI is InChI=1S/C15H14N2O4/c18-11-5-8-3-1-2-4-10(8)14(11)17-15(21)9-6-12(19)16-13(20)7-9/h1-4,6-7,11,14,18H,5H2,(H,17,21)(H2,16,19,20)/t11-,14+/m1/s1. The molecule has 2 aromatic rings. The number of pyridine rings is 1. The van der Waals surface area contributed by atoms with Crippen LogP contribution in [0.3, 0.4) is 0 Å². The summed E-state index contributed by atoms with van der Waals surface area (Å²) in [6.45, 7) is 0. The van der Waals surface area contributed by atoms with E-state index in [1.807, 2.05) is 24.3 Å². The van der Waals surface area contributed by atoms with Crippen molar-refractivity contribution >= 4 is 5.91 Å². The smallest absolute Gasteiger partial charge is 0.252 e. The van der Waals surface area contributed by atoms with Crippen LogP contribution in [0.2, 0.25) is 0 Å². The Bertz CT molecular complexity index is 753. The van der Waals surface area contributed by atoms with Crippen molar-refractivity contribution in [2.45, 2.75) is 18.6 Å². The molecule has 0 bridgehead atoms. The number of nitrogens with one attached hydrogen (secondary N) is 2. The highest BCUT2D eigenvalue weighted by molar-refractivity contribution is 5.94. The molecule has 0 aliphatic heterocycles. The maximum Gasteiger partial charge on any atom is 0.252 e. The molecule has 2 atom stereocenters. The molecule has 1 aromatic heterocycles. The number of aromatic hydroxyl groups is 1. The van der Waals surface area contributed by atoms with E-state index in [-0.39, 0.29) is 11.4 Å². The zero-order chi connectivity index (χ0) is 15.0. The molecule has 6 nitrogen and oxygen atoms in total. The van der Waals surface area contributed by atoms with E-state index < -0.39 is 23.6 Å². The zero-order valence-electron chi connectivity index (χ0n) is 11.0. The monoisotopic (exact) mass is 286 g/mol. The lowest BCUT2D eigenvalue weighted by Crippen LogP contribution is -2.34. The van der Waals surface area contributed by atoms with Crippen LogP contribution in [0.4, 0.5) is 0 Å². The third-order valence-corrected chi connectivity index (χ3v) is 3.58. The van der Waals surface area contributed by atoms with Crippen LogP contribution >= 0.6 is 0 Å². The van der Waals surface area contributed by atoms with E-state index in [0.29, 0.717) is 6.42 Å². The first-order chi connectivity index (χ1) is 10.0. The van der Waals surface area contributed by atoms with Gasteiger partial charge in [0.15, 0.2) is 5.88 Å². The topological polar surface area (TPSA) is 102 Å². The van der Waals surface area contributed by atoms with Gasteiger partial charge in [0, 0.05) is 18.6 Å². The number of rotatable bonds is 2. The lowest BCUT2D eigenvalue weighted by molar-refractivity contribution is 0.0857. The van der Waals surface area contributed by atoms with Crippen LogP contribution in [-0.2, 0) is 6.42 Å². The van der Waals surface area contributed by atoms with Gasteiger partial charge in [-0.25, -0.2) is 0 Å². The Morgan fingerprint density at radius 2 is 2.05 bits per heavy atom. The number of aliphatic hydroxyl groups is 1. The van der Waals surface area contributed by atoms with Crippen molar-refractivity contribution in [3.05, 3.63) is 63.4 Å². The van der Waals surface area contributed by atoms with Gasteiger partial charge in [0.25, 0.3) is 11.5 Å². The van der Waals surface area contributed by atoms with Crippen LogP contribution < -0.4 is 10.9 Å². The fraction of sp³-hybridized carbons (Fsp3) is 0.200. The number of hydrogen-bond acceptors (Lipinski definition) is 4. The normalized spacial score (nSPS) is 20.0. The van der Waals surface area contributed by atoms with E-state index >= 15 is 0 Å². The number of hydrogen-bond donors (Lipinski definition) is 4. The van der Waals surface area contributed by atoms with Crippen LogP contribution in [0.5, 0.6) is 5.88 Å². The first-order valence-corrected chi connectivity index (χ1v) is 6.54. The molecule has 1 amide bonds. The largest absolute Gasteiger partial charge is 0.494 e. The zero-order valence-corrected chi connectivity index (χ0v) is 11.0. The average Bonchev–Trinajstić information content (AvgIpc) is 2.74. The van der Waals surface area contributed by atoms with Crippen LogP contribution in [-0.4, -0.2) is 27.2 Å². The summed E-state index contributed by atoms with van der Waals surface area (Å²) in [5.41, 5.74) is 1.34. The fourth-order valence-electron chi connectivity index (χ4n) is 2.63. The average molecular weight is 286 g/mol. The number of carbonyl (C=O) groups excluding carboxylic acids is 1. The van der Waals surface area contributed by atoms with Crippen LogP contribution in [0, 0.1) is 0 Å². The van der Waals surface area contributed by atoms with Crippen molar-refractivity contribution in [1.82, 2.24) is 10.3 Å². The van der Waals surface area contributed by atoms with E-state index in [9.17, 15) is 19.8 Å². The summed E-state index contributed by atoms with van der Waals surface area (Å²) in [6.07, 6.45) is -0.233. The van der Waals surface area contributed by atoms with Gasteiger partial charge in [0.1, 0.15) is 0 Å². The maximum atomic E-state index is 12.2. The molecule has 0 saturated carbocycles. The number of fused-ring (bicyclic) bond motifs is 1. The second-order valence-corrected chi connectivity index (χ2v) is 5.04. The van der Waals surface area contributed by atoms with Crippen molar-refractivity contribution in [3.8, 4) is 5.88 Å². The number of aliphatic hydroxyl groups excluding tert-OH is 1. The Balaban J connectivity index is 1.86. The van der Waals surface area contributed by atoms with E-state index in [0.717, 1.165) is 17.2 Å². The Hall–Kier alpha value is -2.60. The highest BCUT2D eigenvalue weighted by Gasteiger charge is 2.32. The van der Waals surface area contributed by atoms with Crippen LogP contribution in [0.15, 0.2) is 41.2 Å². The predicted octanol–water partition coefficient (Wildman–Crippen LogP) is 0.469. The molecule has 1 aliphatic carbocycles. The molecule has 0 saturated heterocycles. The molecule has 1 heterocycles. The van der Waals surface area contributed by atoms with Gasteiger partial charge in [-0.2, -0.15) is 0 Å². The molecule has 4 N–H and O–H groups in total. The van der Waals surface area contributed by atoms with E-state index in [1.165, 1.54) is 6.07 Å². The lowest BCUT2D eigenvalue weighted by Gasteiger charge is -2.18. The second-order valence-electron chi connectivity index (χ2n) is 5.04. The molecular formula is C15H14N2O4. The first-order valence-electron chi connectivity index (χ1n) is 6.54. The summed E-state index contributed by atoms with van der Waals surface area (Å²) in [4.78, 5) is 25.6. The minimum atomic E-state index is -0.707. The number of H-pyrrole nitrogens is 1. The third kappa shape index (κ3) is 2.53. The molecule has 0 radical (unpaired) electrons. The second kappa shape index (κ2) is 5.06. The molecule has 0 spiro atoms. The minimum Gasteiger partial charge on any atom is -0.494 e. The fourth-order valence-corrected chi connectivity index (χ4v) is 2.63. The summed E-state index contributed by atoms with van der Waals surface area (Å²) in [7, 11) is 0. The number of carbonyl (C=O) groups is 1. The van der Waals surface area contributed by atoms with Gasteiger partial charge in [-0.05, 0) is 11.1 Å².